The van der Waals surface area contributed by atoms with E-state index in [2.05, 4.69) is 5.32 Å². The first kappa shape index (κ1) is 16.3. The monoisotopic (exact) mass is 308 g/mol. The van der Waals surface area contributed by atoms with Crippen LogP contribution < -0.4 is 10.1 Å². The summed E-state index contributed by atoms with van der Waals surface area (Å²) in [5.41, 5.74) is 0. The first-order valence-electron chi connectivity index (χ1n) is 7.44. The maximum Gasteiger partial charge on any atom is 0.225 e. The number of amides is 2. The van der Waals surface area contributed by atoms with Gasteiger partial charge in [-0.25, -0.2) is 4.39 Å². The molecule has 0 bridgehead atoms. The molecule has 0 aromatic heterocycles. The van der Waals surface area contributed by atoms with Crippen LogP contribution in [0, 0.1) is 11.7 Å². The third-order valence-corrected chi connectivity index (χ3v) is 3.80. The molecular weight excluding hydrogens is 287 g/mol. The zero-order chi connectivity index (χ0) is 16.1. The molecule has 5 nitrogen and oxygen atoms in total. The normalized spacial score (nSPS) is 19.1. The van der Waals surface area contributed by atoms with Gasteiger partial charge < -0.3 is 15.0 Å². The fraction of sp³-hybridized carbons (Fsp3) is 0.500. The third kappa shape index (κ3) is 3.96. The lowest BCUT2D eigenvalue weighted by molar-refractivity contribution is -0.128. The van der Waals surface area contributed by atoms with Gasteiger partial charge in [-0.1, -0.05) is 19.1 Å². The molecule has 2 rings (SSSR count). The summed E-state index contributed by atoms with van der Waals surface area (Å²) in [5, 5.41) is 2.79. The first-order valence-corrected chi connectivity index (χ1v) is 7.44. The number of hydrogen-bond donors (Lipinski definition) is 1. The van der Waals surface area contributed by atoms with E-state index in [4.69, 9.17) is 4.74 Å². The number of ether oxygens (including phenoxy) is 1. The lowest BCUT2D eigenvalue weighted by Gasteiger charge is -2.19. The van der Waals surface area contributed by atoms with Crippen molar-refractivity contribution in [3.05, 3.63) is 30.1 Å². The number of carbonyl (C=O) groups excluding carboxylic acids is 2. The predicted octanol–water partition coefficient (Wildman–Crippen LogP) is 1.58. The van der Waals surface area contributed by atoms with E-state index in [1.54, 1.807) is 30.1 Å². The molecule has 1 aliphatic rings. The average Bonchev–Trinajstić information content (AvgIpc) is 2.84. The molecule has 1 saturated heterocycles. The molecule has 2 atom stereocenters. The molecule has 1 fully saturated rings. The van der Waals surface area contributed by atoms with Gasteiger partial charge in [-0.3, -0.25) is 9.59 Å². The van der Waals surface area contributed by atoms with Crippen molar-refractivity contribution in [2.24, 2.45) is 5.92 Å². The van der Waals surface area contributed by atoms with Crippen LogP contribution in [-0.2, 0) is 9.59 Å². The Morgan fingerprint density at radius 2 is 2.23 bits per heavy atom. The number of para-hydroxylation sites is 1. The number of hydrogen-bond acceptors (Lipinski definition) is 3. The number of nitrogens with one attached hydrogen (secondary N) is 1. The van der Waals surface area contributed by atoms with E-state index in [1.165, 1.54) is 6.07 Å². The lowest BCUT2D eigenvalue weighted by atomic mass is 10.1. The number of likely N-dealkylation sites (tertiary alicyclic amines) is 1. The Labute approximate surface area is 129 Å². The van der Waals surface area contributed by atoms with Gasteiger partial charge in [0.25, 0.3) is 0 Å². The summed E-state index contributed by atoms with van der Waals surface area (Å²) in [6.45, 7) is 2.64. The van der Waals surface area contributed by atoms with Crippen LogP contribution in [0.2, 0.25) is 0 Å². The van der Waals surface area contributed by atoms with Crippen molar-refractivity contribution in [1.29, 1.82) is 0 Å². The number of halogens is 1. The summed E-state index contributed by atoms with van der Waals surface area (Å²) in [4.78, 5) is 25.1. The van der Waals surface area contributed by atoms with E-state index in [0.29, 0.717) is 13.0 Å². The Kier molecular flexibility index (Phi) is 5.35. The Morgan fingerprint density at radius 3 is 2.82 bits per heavy atom. The summed E-state index contributed by atoms with van der Waals surface area (Å²) < 4.78 is 19.1. The number of nitrogens with zero attached hydrogens (tertiary/aromatic N) is 1. The molecule has 1 aliphatic heterocycles. The van der Waals surface area contributed by atoms with E-state index in [0.717, 1.165) is 0 Å². The average molecular weight is 308 g/mol. The number of rotatable bonds is 6. The van der Waals surface area contributed by atoms with Crippen LogP contribution in [0.1, 0.15) is 19.8 Å². The summed E-state index contributed by atoms with van der Waals surface area (Å²) >= 11 is 0. The highest BCUT2D eigenvalue weighted by Gasteiger charge is 2.32. The molecule has 1 N–H and O–H groups in total. The minimum atomic E-state index is -0.421. The van der Waals surface area contributed by atoms with Crippen molar-refractivity contribution in [3.63, 3.8) is 0 Å². The number of carbonyl (C=O) groups is 2. The Morgan fingerprint density at radius 1 is 1.50 bits per heavy atom. The van der Waals surface area contributed by atoms with Gasteiger partial charge in [-0.05, 0) is 18.6 Å². The van der Waals surface area contributed by atoms with Crippen molar-refractivity contribution in [1.82, 2.24) is 10.2 Å². The van der Waals surface area contributed by atoms with Gasteiger partial charge in [0.15, 0.2) is 11.6 Å². The second-order valence-electron chi connectivity index (χ2n) is 5.50. The van der Waals surface area contributed by atoms with Crippen molar-refractivity contribution >= 4 is 11.8 Å². The van der Waals surface area contributed by atoms with E-state index in [1.807, 2.05) is 6.92 Å². The van der Waals surface area contributed by atoms with Crippen molar-refractivity contribution in [2.45, 2.75) is 25.9 Å². The molecule has 1 aromatic carbocycles. The lowest BCUT2D eigenvalue weighted by Crippen LogP contribution is -2.39. The SMILES string of the molecule is CC[C@@H](CNC(=O)[C@@H]1CC(=O)N(C)C1)Oc1ccccc1F. The van der Waals surface area contributed by atoms with Gasteiger partial charge in [0.05, 0.1) is 12.5 Å². The van der Waals surface area contributed by atoms with Gasteiger partial charge in [-0.15, -0.1) is 0 Å². The molecule has 22 heavy (non-hydrogen) atoms. The minimum absolute atomic E-state index is 0.0187. The van der Waals surface area contributed by atoms with Crippen LogP contribution in [0.25, 0.3) is 0 Å². The smallest absolute Gasteiger partial charge is 0.225 e. The predicted molar refractivity (Wildman–Crippen MR) is 79.9 cm³/mol. The molecule has 2 amide bonds. The Bertz CT molecular complexity index is 550. The molecule has 0 radical (unpaired) electrons. The van der Waals surface area contributed by atoms with Gasteiger partial charge in [-0.2, -0.15) is 0 Å². The standard InChI is InChI=1S/C16H21FN2O3/c1-3-12(22-14-7-5-4-6-13(14)17)9-18-16(21)11-8-15(20)19(2)10-11/h4-7,11-12H,3,8-10H2,1-2H3,(H,18,21)/t11-,12+/m1/s1. The summed E-state index contributed by atoms with van der Waals surface area (Å²) in [7, 11) is 1.69. The van der Waals surface area contributed by atoms with Crippen LogP contribution in [0.4, 0.5) is 4.39 Å². The quantitative estimate of drug-likeness (QED) is 0.868. The van der Waals surface area contributed by atoms with Crippen LogP contribution in [-0.4, -0.2) is 43.0 Å². The maximum atomic E-state index is 13.6. The Hall–Kier alpha value is -2.11. The fourth-order valence-corrected chi connectivity index (χ4v) is 2.39. The van der Waals surface area contributed by atoms with E-state index in [-0.39, 0.29) is 42.6 Å². The topological polar surface area (TPSA) is 58.6 Å². The second kappa shape index (κ2) is 7.24. The molecule has 120 valence electrons. The minimum Gasteiger partial charge on any atom is -0.486 e. The van der Waals surface area contributed by atoms with Crippen molar-refractivity contribution < 1.29 is 18.7 Å². The molecule has 6 heteroatoms. The number of benzene rings is 1. The van der Waals surface area contributed by atoms with Crippen LogP contribution in [0.3, 0.4) is 0 Å². The van der Waals surface area contributed by atoms with Gasteiger partial charge in [0.1, 0.15) is 6.10 Å². The molecule has 0 aliphatic carbocycles. The Balaban J connectivity index is 1.85. The highest BCUT2D eigenvalue weighted by atomic mass is 19.1. The van der Waals surface area contributed by atoms with Gasteiger partial charge >= 0.3 is 0 Å². The van der Waals surface area contributed by atoms with E-state index >= 15 is 0 Å². The van der Waals surface area contributed by atoms with Gasteiger partial charge in [0.2, 0.25) is 11.8 Å². The first-order chi connectivity index (χ1) is 10.5. The van der Waals surface area contributed by atoms with Crippen LogP contribution in [0.15, 0.2) is 24.3 Å². The molecule has 0 saturated carbocycles. The van der Waals surface area contributed by atoms with Gasteiger partial charge in [0, 0.05) is 20.0 Å². The van der Waals surface area contributed by atoms with E-state index in [9.17, 15) is 14.0 Å². The second-order valence-corrected chi connectivity index (χ2v) is 5.50. The zero-order valence-electron chi connectivity index (χ0n) is 12.8. The largest absolute Gasteiger partial charge is 0.486 e. The van der Waals surface area contributed by atoms with Crippen LogP contribution >= 0.6 is 0 Å². The maximum absolute atomic E-state index is 13.6. The molecule has 0 unspecified atom stereocenters. The highest BCUT2D eigenvalue weighted by molar-refractivity contribution is 5.89. The van der Waals surface area contributed by atoms with Crippen molar-refractivity contribution in [2.75, 3.05) is 20.1 Å². The molecule has 1 aromatic rings. The molecular formula is C16H21FN2O3. The summed E-state index contributed by atoms with van der Waals surface area (Å²) in [5.74, 6) is -0.735. The van der Waals surface area contributed by atoms with Crippen molar-refractivity contribution in [3.8, 4) is 5.75 Å². The van der Waals surface area contributed by atoms with E-state index < -0.39 is 5.82 Å². The molecule has 0 spiro atoms. The zero-order valence-corrected chi connectivity index (χ0v) is 12.8. The summed E-state index contributed by atoms with van der Waals surface area (Å²) in [6, 6.07) is 6.19. The fourth-order valence-electron chi connectivity index (χ4n) is 2.39. The highest BCUT2D eigenvalue weighted by Crippen LogP contribution is 2.18. The summed E-state index contributed by atoms with van der Waals surface area (Å²) in [6.07, 6.45) is 0.571. The third-order valence-electron chi connectivity index (χ3n) is 3.80. The van der Waals surface area contributed by atoms with Crippen LogP contribution in [0.5, 0.6) is 5.75 Å². The molecule has 1 heterocycles.